The molecular formula is C28H25F2N3O2. The molecule has 5 rings (SSSR count). The fourth-order valence-electron chi connectivity index (χ4n) is 5.27. The van der Waals surface area contributed by atoms with Crippen molar-refractivity contribution in [3.63, 3.8) is 0 Å². The number of nitrogens with zero attached hydrogens (tertiary/aromatic N) is 3. The Kier molecular flexibility index (Phi) is 5.93. The van der Waals surface area contributed by atoms with Crippen LogP contribution in [0.25, 0.3) is 11.0 Å². The van der Waals surface area contributed by atoms with Crippen molar-refractivity contribution < 1.29 is 18.4 Å². The number of aromatic nitrogens is 2. The molecule has 2 heterocycles. The van der Waals surface area contributed by atoms with Crippen molar-refractivity contribution in [1.29, 1.82) is 0 Å². The molecule has 0 N–H and O–H groups in total. The highest BCUT2D eigenvalue weighted by Crippen LogP contribution is 2.46. The Hall–Kier alpha value is -3.87. The van der Waals surface area contributed by atoms with Gasteiger partial charge < -0.3 is 9.47 Å². The van der Waals surface area contributed by atoms with Gasteiger partial charge in [-0.1, -0.05) is 50.2 Å². The molecule has 7 heteroatoms. The van der Waals surface area contributed by atoms with E-state index in [9.17, 15) is 18.4 Å². The van der Waals surface area contributed by atoms with Crippen LogP contribution in [0, 0.1) is 23.5 Å². The number of fused-ring (bicyclic) bond motifs is 1. The summed E-state index contributed by atoms with van der Waals surface area (Å²) in [5.74, 6) is -2.00. The van der Waals surface area contributed by atoms with Gasteiger partial charge in [0.05, 0.1) is 29.4 Å². The molecule has 1 aromatic heterocycles. The first-order valence-electron chi connectivity index (χ1n) is 11.6. The SMILES string of the molecule is CC1C(=O)C(C)C(c2ccc(F)cc2)N(C(=O)Cn2cnc3ccccc32)C1c1ccc(F)cc1. The number of hydrogen-bond donors (Lipinski definition) is 0. The van der Waals surface area contributed by atoms with Crippen molar-refractivity contribution in [2.75, 3.05) is 0 Å². The third-order valence-corrected chi connectivity index (χ3v) is 6.99. The van der Waals surface area contributed by atoms with E-state index < -0.39 is 35.6 Å². The molecule has 178 valence electrons. The summed E-state index contributed by atoms with van der Waals surface area (Å²) < 4.78 is 29.2. The molecule has 4 aromatic rings. The minimum Gasteiger partial charge on any atom is -0.326 e. The maximum absolute atomic E-state index is 14.0. The molecule has 5 nitrogen and oxygen atoms in total. The number of carbonyl (C=O) groups excluding carboxylic acids is 2. The van der Waals surface area contributed by atoms with Gasteiger partial charge in [0, 0.05) is 11.8 Å². The lowest BCUT2D eigenvalue weighted by Crippen LogP contribution is -2.52. The smallest absolute Gasteiger partial charge is 0.243 e. The average molecular weight is 474 g/mol. The first-order chi connectivity index (χ1) is 16.8. The number of para-hydroxylation sites is 2. The molecular weight excluding hydrogens is 448 g/mol. The Balaban J connectivity index is 1.62. The van der Waals surface area contributed by atoms with Gasteiger partial charge in [-0.2, -0.15) is 0 Å². The molecule has 0 saturated carbocycles. The molecule has 4 unspecified atom stereocenters. The van der Waals surface area contributed by atoms with E-state index in [1.165, 1.54) is 24.3 Å². The Morgan fingerprint density at radius 2 is 1.34 bits per heavy atom. The molecule has 1 amide bonds. The van der Waals surface area contributed by atoms with Gasteiger partial charge in [0.25, 0.3) is 0 Å². The zero-order chi connectivity index (χ0) is 24.7. The quantitative estimate of drug-likeness (QED) is 0.394. The highest BCUT2D eigenvalue weighted by molar-refractivity contribution is 5.89. The number of amides is 1. The summed E-state index contributed by atoms with van der Waals surface area (Å²) in [5, 5.41) is 0. The highest BCUT2D eigenvalue weighted by Gasteiger charge is 2.48. The summed E-state index contributed by atoms with van der Waals surface area (Å²) in [6.07, 6.45) is 1.63. The van der Waals surface area contributed by atoms with Gasteiger partial charge in [-0.15, -0.1) is 0 Å². The monoisotopic (exact) mass is 473 g/mol. The van der Waals surface area contributed by atoms with Crippen LogP contribution in [0.1, 0.15) is 37.1 Å². The molecule has 0 aliphatic carbocycles. The summed E-state index contributed by atoms with van der Waals surface area (Å²) in [4.78, 5) is 33.5. The second kappa shape index (κ2) is 9.06. The number of Topliss-reactive ketones (excluding diaryl/α,β-unsaturated/α-hetero) is 1. The van der Waals surface area contributed by atoms with E-state index in [-0.39, 0.29) is 18.2 Å². The number of piperidine rings is 1. The fourth-order valence-corrected chi connectivity index (χ4v) is 5.27. The van der Waals surface area contributed by atoms with Crippen LogP contribution < -0.4 is 0 Å². The number of ketones is 1. The number of halogens is 2. The Bertz CT molecular complexity index is 1320. The normalized spacial score (nSPS) is 22.5. The third-order valence-electron chi connectivity index (χ3n) is 6.99. The second-order valence-corrected chi connectivity index (χ2v) is 9.13. The number of hydrogen-bond acceptors (Lipinski definition) is 3. The van der Waals surface area contributed by atoms with E-state index >= 15 is 0 Å². The van der Waals surface area contributed by atoms with Crippen molar-refractivity contribution in [2.24, 2.45) is 11.8 Å². The maximum Gasteiger partial charge on any atom is 0.243 e. The molecule has 1 aliphatic heterocycles. The van der Waals surface area contributed by atoms with Gasteiger partial charge in [0.15, 0.2) is 0 Å². The lowest BCUT2D eigenvalue weighted by atomic mass is 9.74. The summed E-state index contributed by atoms with van der Waals surface area (Å²) in [5.41, 5.74) is 2.96. The third kappa shape index (κ3) is 4.11. The minimum absolute atomic E-state index is 0.00535. The van der Waals surface area contributed by atoms with Crippen molar-refractivity contribution >= 4 is 22.7 Å². The summed E-state index contributed by atoms with van der Waals surface area (Å²) in [6, 6.07) is 18.2. The van der Waals surface area contributed by atoms with Crippen LogP contribution in [0.5, 0.6) is 0 Å². The zero-order valence-electron chi connectivity index (χ0n) is 19.4. The van der Waals surface area contributed by atoms with Gasteiger partial charge in [-0.05, 0) is 47.5 Å². The minimum atomic E-state index is -0.600. The van der Waals surface area contributed by atoms with E-state index in [4.69, 9.17) is 0 Å². The number of rotatable bonds is 4. The fraction of sp³-hybridized carbons (Fsp3) is 0.250. The molecule has 1 fully saturated rings. The molecule has 1 aliphatic rings. The van der Waals surface area contributed by atoms with Crippen LogP contribution in [0.4, 0.5) is 8.78 Å². The van der Waals surface area contributed by atoms with Gasteiger partial charge in [0.1, 0.15) is 24.0 Å². The van der Waals surface area contributed by atoms with Crippen molar-refractivity contribution in [3.8, 4) is 0 Å². The van der Waals surface area contributed by atoms with Gasteiger partial charge >= 0.3 is 0 Å². The standard InChI is InChI=1S/C28H25F2N3O2/c1-17-26(19-7-11-21(29)12-8-19)33(25(34)15-32-16-31-23-5-3-4-6-24(23)32)27(18(2)28(17)35)20-9-13-22(30)14-10-20/h3-14,16-18,26-27H,15H2,1-2H3. The second-order valence-electron chi connectivity index (χ2n) is 9.13. The topological polar surface area (TPSA) is 55.2 Å². The molecule has 1 saturated heterocycles. The Labute approximate surface area is 202 Å². The zero-order valence-corrected chi connectivity index (χ0v) is 19.4. The molecule has 3 aromatic carbocycles. The number of likely N-dealkylation sites (tertiary alicyclic amines) is 1. The van der Waals surface area contributed by atoms with Gasteiger partial charge in [0.2, 0.25) is 5.91 Å². The maximum atomic E-state index is 14.0. The van der Waals surface area contributed by atoms with Gasteiger partial charge in [-0.25, -0.2) is 13.8 Å². The highest BCUT2D eigenvalue weighted by atomic mass is 19.1. The largest absolute Gasteiger partial charge is 0.326 e. The predicted octanol–water partition coefficient (Wildman–Crippen LogP) is 5.48. The number of carbonyl (C=O) groups is 2. The summed E-state index contributed by atoms with van der Waals surface area (Å²) >= 11 is 0. The molecule has 35 heavy (non-hydrogen) atoms. The molecule has 4 atom stereocenters. The van der Waals surface area contributed by atoms with E-state index in [0.29, 0.717) is 11.1 Å². The molecule has 0 bridgehead atoms. The van der Waals surface area contributed by atoms with Gasteiger partial charge in [-0.3, -0.25) is 9.59 Å². The lowest BCUT2D eigenvalue weighted by Gasteiger charge is -2.48. The average Bonchev–Trinajstić information content (AvgIpc) is 3.26. The van der Waals surface area contributed by atoms with Crippen molar-refractivity contribution in [2.45, 2.75) is 32.5 Å². The van der Waals surface area contributed by atoms with Crippen LogP contribution in [0.2, 0.25) is 0 Å². The van der Waals surface area contributed by atoms with Crippen LogP contribution in [-0.2, 0) is 16.1 Å². The van der Waals surface area contributed by atoms with Crippen LogP contribution in [-0.4, -0.2) is 26.1 Å². The summed E-state index contributed by atoms with van der Waals surface area (Å²) in [7, 11) is 0. The van der Waals surface area contributed by atoms with Crippen LogP contribution in [0.15, 0.2) is 79.1 Å². The Morgan fingerprint density at radius 1 is 0.829 bits per heavy atom. The lowest BCUT2D eigenvalue weighted by molar-refractivity contribution is -0.151. The van der Waals surface area contributed by atoms with E-state index in [0.717, 1.165) is 11.0 Å². The summed E-state index contributed by atoms with van der Waals surface area (Å²) in [6.45, 7) is 3.63. The number of benzene rings is 3. The van der Waals surface area contributed by atoms with Crippen molar-refractivity contribution in [3.05, 3.63) is 102 Å². The predicted molar refractivity (Wildman–Crippen MR) is 128 cm³/mol. The van der Waals surface area contributed by atoms with E-state index in [1.54, 1.807) is 53.9 Å². The first-order valence-corrected chi connectivity index (χ1v) is 11.6. The van der Waals surface area contributed by atoms with Crippen molar-refractivity contribution in [1.82, 2.24) is 14.5 Å². The molecule has 0 radical (unpaired) electrons. The van der Waals surface area contributed by atoms with E-state index in [1.807, 2.05) is 24.3 Å². The van der Waals surface area contributed by atoms with Crippen LogP contribution in [0.3, 0.4) is 0 Å². The van der Waals surface area contributed by atoms with E-state index in [2.05, 4.69) is 4.98 Å². The Morgan fingerprint density at radius 3 is 1.89 bits per heavy atom. The van der Waals surface area contributed by atoms with Crippen LogP contribution >= 0.6 is 0 Å². The molecule has 0 spiro atoms. The number of imidazole rings is 1. The first kappa shape index (κ1) is 22.9.